The summed E-state index contributed by atoms with van der Waals surface area (Å²) in [5.41, 5.74) is 0. The highest BCUT2D eigenvalue weighted by Gasteiger charge is 2.17. The zero-order valence-corrected chi connectivity index (χ0v) is 38.2. The van der Waals surface area contributed by atoms with Gasteiger partial charge in [0, 0.05) is 19.4 Å². The van der Waals surface area contributed by atoms with Crippen LogP contribution in [0.2, 0.25) is 0 Å². The minimum atomic E-state index is -0.528. The molecule has 0 saturated carbocycles. The van der Waals surface area contributed by atoms with E-state index in [4.69, 9.17) is 14.2 Å². The lowest BCUT2D eigenvalue weighted by atomic mass is 10.0. The number of hydrogen-bond donors (Lipinski definition) is 0. The molecule has 332 valence electrons. The number of esters is 2. The van der Waals surface area contributed by atoms with E-state index in [1.165, 1.54) is 199 Å². The maximum absolute atomic E-state index is 12.7. The molecule has 0 saturated heterocycles. The predicted octanol–water partition coefficient (Wildman–Crippen LogP) is 16.7. The highest BCUT2D eigenvalue weighted by molar-refractivity contribution is 5.70. The smallest absolute Gasteiger partial charge is 0.306 e. The summed E-state index contributed by atoms with van der Waals surface area (Å²) in [6.07, 6.45) is 53.6. The molecule has 5 nitrogen and oxygen atoms in total. The van der Waals surface area contributed by atoms with Gasteiger partial charge in [-0.25, -0.2) is 0 Å². The minimum absolute atomic E-state index is 0.0896. The van der Waals surface area contributed by atoms with Crippen molar-refractivity contribution in [2.75, 3.05) is 19.8 Å². The van der Waals surface area contributed by atoms with Crippen LogP contribution < -0.4 is 0 Å². The molecule has 0 aromatic rings. The predicted molar refractivity (Wildman–Crippen MR) is 242 cm³/mol. The van der Waals surface area contributed by atoms with Crippen molar-refractivity contribution < 1.29 is 23.8 Å². The Morgan fingerprint density at radius 3 is 1.14 bits per heavy atom. The van der Waals surface area contributed by atoms with E-state index >= 15 is 0 Å². The van der Waals surface area contributed by atoms with Crippen molar-refractivity contribution in [3.05, 3.63) is 12.2 Å². The van der Waals surface area contributed by atoms with Crippen LogP contribution in [0.25, 0.3) is 0 Å². The summed E-state index contributed by atoms with van der Waals surface area (Å²) in [4.78, 5) is 25.3. The summed E-state index contributed by atoms with van der Waals surface area (Å²) < 4.78 is 17.4. The molecule has 1 atom stereocenters. The van der Waals surface area contributed by atoms with Gasteiger partial charge in [-0.3, -0.25) is 9.59 Å². The zero-order chi connectivity index (χ0) is 40.7. The fourth-order valence-corrected chi connectivity index (χ4v) is 7.49. The van der Waals surface area contributed by atoms with E-state index in [-0.39, 0.29) is 18.5 Å². The number of carbonyl (C=O) groups is 2. The molecule has 0 aliphatic heterocycles. The van der Waals surface area contributed by atoms with E-state index in [1.807, 2.05) is 0 Å². The molecule has 5 heteroatoms. The maximum Gasteiger partial charge on any atom is 0.306 e. The number of hydrogen-bond acceptors (Lipinski definition) is 5. The van der Waals surface area contributed by atoms with E-state index in [1.54, 1.807) is 0 Å². The average Bonchev–Trinajstić information content (AvgIpc) is 3.20. The van der Waals surface area contributed by atoms with Crippen LogP contribution in [0.4, 0.5) is 0 Å². The van der Waals surface area contributed by atoms with E-state index in [0.717, 1.165) is 44.9 Å². The Kier molecular flexibility index (Phi) is 46.8. The van der Waals surface area contributed by atoms with Crippen molar-refractivity contribution >= 4 is 11.9 Å². The van der Waals surface area contributed by atoms with Crippen LogP contribution in [0, 0.1) is 0 Å². The molecule has 0 aliphatic rings. The van der Waals surface area contributed by atoms with Gasteiger partial charge in [-0.05, 0) is 38.5 Å². The molecule has 0 N–H and O–H groups in total. The van der Waals surface area contributed by atoms with Gasteiger partial charge in [-0.15, -0.1) is 0 Å². The molecule has 1 unspecified atom stereocenters. The summed E-state index contributed by atoms with van der Waals surface area (Å²) in [7, 11) is 0. The number of ether oxygens (including phenoxy) is 3. The Morgan fingerprint density at radius 1 is 0.375 bits per heavy atom. The summed E-state index contributed by atoms with van der Waals surface area (Å²) in [5, 5.41) is 0. The highest BCUT2D eigenvalue weighted by Crippen LogP contribution is 2.16. The first-order chi connectivity index (χ1) is 27.6. The summed E-state index contributed by atoms with van der Waals surface area (Å²) >= 11 is 0. The second-order valence-electron chi connectivity index (χ2n) is 17.1. The van der Waals surface area contributed by atoms with Gasteiger partial charge in [0.15, 0.2) is 6.10 Å². The van der Waals surface area contributed by atoms with Crippen LogP contribution in [0.15, 0.2) is 12.2 Å². The molecule has 0 amide bonds. The molecule has 0 radical (unpaired) electrons. The minimum Gasteiger partial charge on any atom is -0.462 e. The van der Waals surface area contributed by atoms with Gasteiger partial charge in [0.05, 0.1) is 6.61 Å². The summed E-state index contributed by atoms with van der Waals surface area (Å²) in [6.45, 7) is 7.83. The van der Waals surface area contributed by atoms with Gasteiger partial charge >= 0.3 is 11.9 Å². The van der Waals surface area contributed by atoms with Crippen molar-refractivity contribution in [2.45, 2.75) is 284 Å². The maximum atomic E-state index is 12.7. The lowest BCUT2D eigenvalue weighted by Crippen LogP contribution is -2.30. The molecule has 0 aromatic carbocycles. The fourth-order valence-electron chi connectivity index (χ4n) is 7.49. The zero-order valence-electron chi connectivity index (χ0n) is 38.2. The lowest BCUT2D eigenvalue weighted by molar-refractivity contribution is -0.163. The van der Waals surface area contributed by atoms with Gasteiger partial charge < -0.3 is 14.2 Å². The third-order valence-electron chi connectivity index (χ3n) is 11.3. The van der Waals surface area contributed by atoms with Crippen molar-refractivity contribution in [1.29, 1.82) is 0 Å². The Labute approximate surface area is 350 Å². The SMILES string of the molecule is CCCC/C=C\CCCCCCCC(=O)OCC(COCCCCCCCCCCCCCCCCCCCC)OC(=O)CCCCCCCCCCCCC. The standard InChI is InChI=1S/C51H98O5/c1-4-7-10-13-16-19-22-23-24-25-26-27-28-31-34-37-40-43-46-54-47-49(56-51(53)45-42-39-36-33-30-21-18-15-12-9-6-3)48-55-50(52)44-41-38-35-32-29-20-17-14-11-8-5-2/h14,17,49H,4-13,15-16,18-48H2,1-3H3/b17-14-. The topological polar surface area (TPSA) is 61.8 Å². The van der Waals surface area contributed by atoms with Crippen molar-refractivity contribution in [2.24, 2.45) is 0 Å². The number of unbranched alkanes of at least 4 members (excludes halogenated alkanes) is 34. The molecule has 0 spiro atoms. The van der Waals surface area contributed by atoms with Crippen LogP contribution in [0.5, 0.6) is 0 Å². The van der Waals surface area contributed by atoms with Crippen LogP contribution in [0.3, 0.4) is 0 Å². The number of rotatable bonds is 47. The molecule has 0 aliphatic carbocycles. The average molecular weight is 791 g/mol. The van der Waals surface area contributed by atoms with Gasteiger partial charge in [0.2, 0.25) is 0 Å². The molecule has 0 aromatic heterocycles. The number of carbonyl (C=O) groups excluding carboxylic acids is 2. The second-order valence-corrected chi connectivity index (χ2v) is 17.1. The van der Waals surface area contributed by atoms with Crippen molar-refractivity contribution in [1.82, 2.24) is 0 Å². The van der Waals surface area contributed by atoms with Crippen molar-refractivity contribution in [3.8, 4) is 0 Å². The van der Waals surface area contributed by atoms with Gasteiger partial charge in [0.1, 0.15) is 6.61 Å². The van der Waals surface area contributed by atoms with E-state index in [9.17, 15) is 9.59 Å². The number of allylic oxidation sites excluding steroid dienone is 2. The van der Waals surface area contributed by atoms with Crippen LogP contribution in [-0.2, 0) is 23.8 Å². The Morgan fingerprint density at radius 2 is 0.714 bits per heavy atom. The van der Waals surface area contributed by atoms with Gasteiger partial charge in [0.25, 0.3) is 0 Å². The molecule has 0 heterocycles. The van der Waals surface area contributed by atoms with E-state index in [0.29, 0.717) is 26.1 Å². The Hall–Kier alpha value is -1.36. The molecule has 0 fully saturated rings. The van der Waals surface area contributed by atoms with Crippen LogP contribution in [-0.4, -0.2) is 37.9 Å². The van der Waals surface area contributed by atoms with Gasteiger partial charge in [-0.1, -0.05) is 238 Å². The quantitative estimate of drug-likeness (QED) is 0.0349. The largest absolute Gasteiger partial charge is 0.462 e. The highest BCUT2D eigenvalue weighted by atomic mass is 16.6. The van der Waals surface area contributed by atoms with E-state index < -0.39 is 6.10 Å². The summed E-state index contributed by atoms with van der Waals surface area (Å²) in [5.74, 6) is -0.391. The molecule has 0 bridgehead atoms. The Balaban J connectivity index is 4.15. The Bertz CT molecular complexity index is 810. The molecular weight excluding hydrogens is 693 g/mol. The molecule has 56 heavy (non-hydrogen) atoms. The normalized spacial score (nSPS) is 12.1. The third-order valence-corrected chi connectivity index (χ3v) is 11.3. The monoisotopic (exact) mass is 791 g/mol. The first-order valence-electron chi connectivity index (χ1n) is 25.2. The first kappa shape index (κ1) is 54.6. The molecular formula is C51H98O5. The van der Waals surface area contributed by atoms with E-state index in [2.05, 4.69) is 32.9 Å². The van der Waals surface area contributed by atoms with Crippen molar-refractivity contribution in [3.63, 3.8) is 0 Å². The molecule has 0 rings (SSSR count). The third kappa shape index (κ3) is 45.3. The van der Waals surface area contributed by atoms with Gasteiger partial charge in [-0.2, -0.15) is 0 Å². The fraction of sp³-hybridized carbons (Fsp3) is 0.922. The van der Waals surface area contributed by atoms with Crippen LogP contribution in [0.1, 0.15) is 278 Å². The van der Waals surface area contributed by atoms with Crippen LogP contribution >= 0.6 is 0 Å². The second kappa shape index (κ2) is 48.0. The first-order valence-corrected chi connectivity index (χ1v) is 25.2. The summed E-state index contributed by atoms with van der Waals surface area (Å²) in [6, 6.07) is 0. The lowest BCUT2D eigenvalue weighted by Gasteiger charge is -2.18.